The fourth-order valence-corrected chi connectivity index (χ4v) is 4.38. The van der Waals surface area contributed by atoms with E-state index in [0.717, 1.165) is 35.6 Å². The number of halogens is 1. The van der Waals surface area contributed by atoms with Gasteiger partial charge in [-0.1, -0.05) is 34.6 Å². The van der Waals surface area contributed by atoms with Crippen LogP contribution in [-0.4, -0.2) is 33.0 Å². The number of benzene rings is 1. The van der Waals surface area contributed by atoms with Gasteiger partial charge in [-0.3, -0.25) is 4.57 Å². The Bertz CT molecular complexity index is 1100. The van der Waals surface area contributed by atoms with E-state index in [-0.39, 0.29) is 0 Å². The normalized spacial score (nSPS) is 14.0. The maximum Gasteiger partial charge on any atom is 0.232 e. The highest BCUT2D eigenvalue weighted by molar-refractivity contribution is 7.98. The van der Waals surface area contributed by atoms with E-state index in [9.17, 15) is 0 Å². The van der Waals surface area contributed by atoms with Gasteiger partial charge in [0.05, 0.1) is 17.6 Å². The van der Waals surface area contributed by atoms with E-state index in [0.29, 0.717) is 22.3 Å². The van der Waals surface area contributed by atoms with E-state index in [2.05, 4.69) is 24.8 Å². The molecule has 0 N–H and O–H groups in total. The van der Waals surface area contributed by atoms with Crippen LogP contribution in [0, 0.1) is 0 Å². The third-order valence-electron chi connectivity index (χ3n) is 4.74. The average molecular weight is 428 g/mol. The molecule has 0 aliphatic carbocycles. The number of nitrogens with zero attached hydrogens (tertiary/aromatic N) is 5. The third-order valence-corrected chi connectivity index (χ3v) is 5.94. The van der Waals surface area contributed by atoms with Crippen LogP contribution in [0.2, 0.25) is 5.02 Å². The Morgan fingerprint density at radius 1 is 1.03 bits per heavy atom. The molecule has 1 aromatic carbocycles. The Balaban J connectivity index is 1.42. The summed E-state index contributed by atoms with van der Waals surface area (Å²) in [5.74, 6) is 2.72. The fraction of sp³-hybridized carbons (Fsp3) is 0.250. The van der Waals surface area contributed by atoms with Gasteiger partial charge in [0.2, 0.25) is 11.7 Å². The van der Waals surface area contributed by atoms with Gasteiger partial charge in [0.25, 0.3) is 0 Å². The van der Waals surface area contributed by atoms with Crippen LogP contribution in [0.15, 0.2) is 62.8 Å². The van der Waals surface area contributed by atoms with E-state index < -0.39 is 0 Å². The number of anilines is 1. The summed E-state index contributed by atoms with van der Waals surface area (Å²) in [6, 6.07) is 13.3. The molecule has 4 heterocycles. The van der Waals surface area contributed by atoms with Crippen molar-refractivity contribution in [1.82, 2.24) is 19.9 Å². The zero-order chi connectivity index (χ0) is 19.6. The van der Waals surface area contributed by atoms with Crippen molar-refractivity contribution in [2.45, 2.75) is 23.8 Å². The van der Waals surface area contributed by atoms with Crippen molar-refractivity contribution in [3.8, 4) is 17.2 Å². The summed E-state index contributed by atoms with van der Waals surface area (Å²) in [5.41, 5.74) is 1.76. The zero-order valence-corrected chi connectivity index (χ0v) is 17.1. The molecule has 1 saturated heterocycles. The predicted octanol–water partition coefficient (Wildman–Crippen LogP) is 5.06. The minimum atomic E-state index is 0.600. The summed E-state index contributed by atoms with van der Waals surface area (Å²) in [5, 5.41) is 14.5. The molecule has 3 aromatic heterocycles. The summed E-state index contributed by atoms with van der Waals surface area (Å²) in [6.07, 6.45) is 3.94. The molecule has 0 spiro atoms. The number of aromatic nitrogens is 4. The quantitative estimate of drug-likeness (QED) is 0.398. The largest absolute Gasteiger partial charge is 0.461 e. The molecule has 0 bridgehead atoms. The second kappa shape index (κ2) is 7.96. The molecule has 0 unspecified atom stereocenters. The molecule has 1 fully saturated rings. The molecule has 4 aromatic rings. The van der Waals surface area contributed by atoms with Crippen molar-refractivity contribution in [1.29, 1.82) is 0 Å². The number of rotatable bonds is 6. The van der Waals surface area contributed by atoms with Gasteiger partial charge in [-0.05, 0) is 43.2 Å². The highest BCUT2D eigenvalue weighted by atomic mass is 35.5. The van der Waals surface area contributed by atoms with Gasteiger partial charge in [0, 0.05) is 29.9 Å². The van der Waals surface area contributed by atoms with Crippen LogP contribution in [-0.2, 0) is 5.75 Å². The summed E-state index contributed by atoms with van der Waals surface area (Å²) in [7, 11) is 0. The minimum Gasteiger partial charge on any atom is -0.461 e. The Morgan fingerprint density at radius 3 is 2.72 bits per heavy atom. The number of hydrogen-bond donors (Lipinski definition) is 0. The first-order valence-electron chi connectivity index (χ1n) is 9.36. The molecule has 148 valence electrons. The van der Waals surface area contributed by atoms with Gasteiger partial charge in [-0.2, -0.15) is 0 Å². The smallest absolute Gasteiger partial charge is 0.232 e. The van der Waals surface area contributed by atoms with Crippen molar-refractivity contribution in [3.05, 3.63) is 59.4 Å². The standard InChI is InChI=1S/C20H18ClN5O2S/c21-14-5-3-6-16(11-14)26-19(25-8-1-2-9-25)22-23-20(26)29-13-15-12-18(28-24-15)17-7-4-10-27-17/h3-7,10-12H,1-2,8-9,13H2. The predicted molar refractivity (Wildman–Crippen MR) is 112 cm³/mol. The first-order chi connectivity index (χ1) is 14.3. The average Bonchev–Trinajstić information content (AvgIpc) is 3.53. The lowest BCUT2D eigenvalue weighted by Gasteiger charge is -2.18. The van der Waals surface area contributed by atoms with Crippen LogP contribution in [0.1, 0.15) is 18.5 Å². The number of hydrogen-bond acceptors (Lipinski definition) is 7. The molecule has 29 heavy (non-hydrogen) atoms. The minimum absolute atomic E-state index is 0.600. The number of furan rings is 1. The Morgan fingerprint density at radius 2 is 1.93 bits per heavy atom. The van der Waals surface area contributed by atoms with Crippen molar-refractivity contribution < 1.29 is 8.94 Å². The molecule has 0 radical (unpaired) electrons. The summed E-state index contributed by atoms with van der Waals surface area (Å²) < 4.78 is 12.8. The van der Waals surface area contributed by atoms with Crippen LogP contribution in [0.25, 0.3) is 17.2 Å². The van der Waals surface area contributed by atoms with Gasteiger partial charge in [-0.15, -0.1) is 10.2 Å². The highest BCUT2D eigenvalue weighted by Gasteiger charge is 2.23. The molecular formula is C20H18ClN5O2S. The van der Waals surface area contributed by atoms with Crippen molar-refractivity contribution >= 4 is 29.3 Å². The van der Waals surface area contributed by atoms with Crippen molar-refractivity contribution in [2.75, 3.05) is 18.0 Å². The molecule has 9 heteroatoms. The third kappa shape index (κ3) is 3.77. The second-order valence-corrected chi connectivity index (χ2v) is 8.12. The lowest BCUT2D eigenvalue weighted by atomic mass is 10.3. The maximum atomic E-state index is 6.24. The molecule has 0 amide bonds. The zero-order valence-electron chi connectivity index (χ0n) is 15.5. The summed E-state index contributed by atoms with van der Waals surface area (Å²) in [6.45, 7) is 1.97. The topological polar surface area (TPSA) is 73.1 Å². The molecule has 7 nitrogen and oxygen atoms in total. The van der Waals surface area contributed by atoms with Crippen LogP contribution in [0.4, 0.5) is 5.95 Å². The number of thioether (sulfide) groups is 1. The van der Waals surface area contributed by atoms with Crippen LogP contribution in [0.5, 0.6) is 0 Å². The first-order valence-corrected chi connectivity index (χ1v) is 10.7. The van der Waals surface area contributed by atoms with E-state index in [4.69, 9.17) is 20.5 Å². The Labute approximate surface area is 176 Å². The van der Waals surface area contributed by atoms with Crippen LogP contribution < -0.4 is 4.90 Å². The lowest BCUT2D eigenvalue weighted by Crippen LogP contribution is -2.22. The van der Waals surface area contributed by atoms with Crippen molar-refractivity contribution in [2.24, 2.45) is 0 Å². The molecular weight excluding hydrogens is 410 g/mol. The first kappa shape index (κ1) is 18.3. The van der Waals surface area contributed by atoms with Gasteiger partial charge in [-0.25, -0.2) is 0 Å². The van der Waals surface area contributed by atoms with Crippen LogP contribution in [0.3, 0.4) is 0 Å². The van der Waals surface area contributed by atoms with Crippen molar-refractivity contribution in [3.63, 3.8) is 0 Å². The fourth-order valence-electron chi connectivity index (χ4n) is 3.37. The lowest BCUT2D eigenvalue weighted by molar-refractivity contribution is 0.413. The summed E-state index contributed by atoms with van der Waals surface area (Å²) >= 11 is 7.80. The monoisotopic (exact) mass is 427 g/mol. The second-order valence-electron chi connectivity index (χ2n) is 6.74. The van der Waals surface area contributed by atoms with E-state index >= 15 is 0 Å². The Kier molecular flexibility index (Phi) is 5.03. The highest BCUT2D eigenvalue weighted by Crippen LogP contribution is 2.31. The summed E-state index contributed by atoms with van der Waals surface area (Å²) in [4.78, 5) is 2.27. The maximum absolute atomic E-state index is 6.24. The van der Waals surface area contributed by atoms with Gasteiger partial charge in [0.15, 0.2) is 10.9 Å². The van der Waals surface area contributed by atoms with Gasteiger partial charge < -0.3 is 13.8 Å². The van der Waals surface area contributed by atoms with Gasteiger partial charge >= 0.3 is 0 Å². The molecule has 0 saturated carbocycles. The Hall–Kier alpha value is -2.71. The molecule has 1 aliphatic rings. The van der Waals surface area contributed by atoms with E-state index in [1.165, 1.54) is 12.8 Å². The molecule has 1 aliphatic heterocycles. The van der Waals surface area contributed by atoms with Crippen LogP contribution >= 0.6 is 23.4 Å². The molecule has 0 atom stereocenters. The molecule has 5 rings (SSSR count). The van der Waals surface area contributed by atoms with E-state index in [1.807, 2.05) is 42.5 Å². The van der Waals surface area contributed by atoms with E-state index in [1.54, 1.807) is 18.0 Å². The van der Waals surface area contributed by atoms with Gasteiger partial charge in [0.1, 0.15) is 0 Å². The SMILES string of the molecule is Clc1cccc(-n2c(SCc3cc(-c4ccco4)on3)nnc2N2CCCC2)c1.